The number of likely N-dealkylation sites (N-methyl/N-ethyl adjacent to an activating group) is 1. The molecule has 0 aromatic carbocycles. The van der Waals surface area contributed by atoms with Crippen molar-refractivity contribution in [3.8, 4) is 0 Å². The third kappa shape index (κ3) is 4.30. The molecule has 2 rings (SSSR count). The molecule has 0 saturated carbocycles. The first-order valence-electron chi connectivity index (χ1n) is 7.83. The largest absolute Gasteiger partial charge is 0.355 e. The molecule has 1 aliphatic rings. The molecule has 0 unspecified atom stereocenters. The highest BCUT2D eigenvalue weighted by Gasteiger charge is 2.29. The van der Waals surface area contributed by atoms with Gasteiger partial charge in [0, 0.05) is 39.4 Å². The van der Waals surface area contributed by atoms with E-state index in [0.717, 1.165) is 0 Å². The fourth-order valence-electron chi connectivity index (χ4n) is 2.58. The maximum absolute atomic E-state index is 12.7. The van der Waals surface area contributed by atoms with Gasteiger partial charge in [0.1, 0.15) is 5.82 Å². The molecule has 1 aromatic rings. The highest BCUT2D eigenvalue weighted by Crippen LogP contribution is 2.17. The van der Waals surface area contributed by atoms with E-state index >= 15 is 0 Å². The molecule has 0 bridgehead atoms. The first-order valence-corrected chi connectivity index (χ1v) is 9.27. The van der Waals surface area contributed by atoms with Crippen LogP contribution in [0.2, 0.25) is 0 Å². The van der Waals surface area contributed by atoms with Crippen LogP contribution in [0, 0.1) is 6.92 Å². The fourth-order valence-corrected chi connectivity index (χ4v) is 4.08. The van der Waals surface area contributed by atoms with Gasteiger partial charge in [-0.15, -0.1) is 0 Å². The van der Waals surface area contributed by atoms with E-state index in [1.165, 1.54) is 4.31 Å². The number of hydrogen-bond acceptors (Lipinski definition) is 5. The summed E-state index contributed by atoms with van der Waals surface area (Å²) in [5.41, 5.74) is 0. The van der Waals surface area contributed by atoms with Gasteiger partial charge in [-0.1, -0.05) is 0 Å². The van der Waals surface area contributed by atoms with E-state index in [4.69, 9.17) is 0 Å². The van der Waals surface area contributed by atoms with Crippen molar-refractivity contribution >= 4 is 15.9 Å². The molecular weight excluding hydrogens is 318 g/mol. The van der Waals surface area contributed by atoms with Crippen LogP contribution in [-0.4, -0.2) is 72.3 Å². The number of rotatable bonds is 5. The van der Waals surface area contributed by atoms with Crippen molar-refractivity contribution in [2.24, 2.45) is 7.05 Å². The molecule has 1 amide bonds. The van der Waals surface area contributed by atoms with Crippen molar-refractivity contribution in [2.45, 2.75) is 25.3 Å². The minimum Gasteiger partial charge on any atom is -0.355 e. The Morgan fingerprint density at radius 2 is 2.04 bits per heavy atom. The fraction of sp³-hybridized carbons (Fsp3) is 0.714. The summed E-state index contributed by atoms with van der Waals surface area (Å²) in [5, 5.41) is 2.86. The zero-order chi connectivity index (χ0) is 17.0. The first kappa shape index (κ1) is 17.9. The lowest BCUT2D eigenvalue weighted by Gasteiger charge is -2.20. The summed E-state index contributed by atoms with van der Waals surface area (Å²) in [7, 11) is -1.80. The molecule has 0 aliphatic carbocycles. The SMILES string of the molecule is CCNC(=O)CN1CCCN(S(=O)(=O)c2cn(C)c(C)n2)CC1. The van der Waals surface area contributed by atoms with Crippen LogP contribution < -0.4 is 5.32 Å². The molecule has 1 aliphatic heterocycles. The maximum atomic E-state index is 12.7. The Balaban J connectivity index is 2.03. The summed E-state index contributed by atoms with van der Waals surface area (Å²) >= 11 is 0. The van der Waals surface area contributed by atoms with E-state index in [1.54, 1.807) is 24.7 Å². The van der Waals surface area contributed by atoms with Crippen molar-refractivity contribution in [2.75, 3.05) is 39.3 Å². The van der Waals surface area contributed by atoms with Crippen molar-refractivity contribution in [1.82, 2.24) is 24.1 Å². The highest BCUT2D eigenvalue weighted by atomic mass is 32.2. The zero-order valence-corrected chi connectivity index (χ0v) is 14.8. The molecule has 0 radical (unpaired) electrons. The molecule has 2 heterocycles. The summed E-state index contributed by atoms with van der Waals surface area (Å²) < 4.78 is 28.5. The van der Waals surface area contributed by atoms with Gasteiger partial charge in [-0.2, -0.15) is 4.31 Å². The maximum Gasteiger partial charge on any atom is 0.262 e. The van der Waals surface area contributed by atoms with Gasteiger partial charge in [0.15, 0.2) is 5.03 Å². The Morgan fingerprint density at radius 3 is 2.65 bits per heavy atom. The van der Waals surface area contributed by atoms with Gasteiger partial charge >= 0.3 is 0 Å². The number of sulfonamides is 1. The normalized spacial score (nSPS) is 17.9. The summed E-state index contributed by atoms with van der Waals surface area (Å²) in [6.45, 7) is 6.64. The lowest BCUT2D eigenvalue weighted by Crippen LogP contribution is -2.40. The lowest BCUT2D eigenvalue weighted by molar-refractivity contribution is -0.122. The second-order valence-electron chi connectivity index (χ2n) is 5.72. The smallest absolute Gasteiger partial charge is 0.262 e. The van der Waals surface area contributed by atoms with E-state index in [0.29, 0.717) is 51.5 Å². The molecule has 8 nitrogen and oxygen atoms in total. The number of hydrogen-bond donors (Lipinski definition) is 1. The standard InChI is InChI=1S/C14H25N5O3S/c1-4-15-13(20)10-18-6-5-7-19(9-8-18)23(21,22)14-11-17(3)12(2)16-14/h11H,4-10H2,1-3H3,(H,15,20). The summed E-state index contributed by atoms with van der Waals surface area (Å²) in [6.07, 6.45) is 2.24. The number of imidazole rings is 1. The van der Waals surface area contributed by atoms with E-state index in [9.17, 15) is 13.2 Å². The highest BCUT2D eigenvalue weighted by molar-refractivity contribution is 7.89. The average molecular weight is 343 g/mol. The topological polar surface area (TPSA) is 87.5 Å². The molecule has 1 N–H and O–H groups in total. The minimum absolute atomic E-state index is 0.0239. The third-order valence-electron chi connectivity index (χ3n) is 3.98. The molecule has 130 valence electrons. The monoisotopic (exact) mass is 343 g/mol. The molecule has 1 fully saturated rings. The number of amides is 1. The van der Waals surface area contributed by atoms with Crippen LogP contribution in [0.5, 0.6) is 0 Å². The van der Waals surface area contributed by atoms with Gasteiger partial charge in [-0.25, -0.2) is 13.4 Å². The summed E-state index contributed by atoms with van der Waals surface area (Å²) in [6, 6.07) is 0. The molecule has 23 heavy (non-hydrogen) atoms. The number of carbonyl (C=O) groups is 1. The van der Waals surface area contributed by atoms with Crippen LogP contribution in [0.25, 0.3) is 0 Å². The predicted molar refractivity (Wildman–Crippen MR) is 86.4 cm³/mol. The van der Waals surface area contributed by atoms with Crippen molar-refractivity contribution in [1.29, 1.82) is 0 Å². The van der Waals surface area contributed by atoms with E-state index < -0.39 is 10.0 Å². The van der Waals surface area contributed by atoms with Gasteiger partial charge in [0.2, 0.25) is 5.91 Å². The molecule has 9 heteroatoms. The zero-order valence-electron chi connectivity index (χ0n) is 13.9. The van der Waals surface area contributed by atoms with Crippen LogP contribution in [-0.2, 0) is 21.9 Å². The van der Waals surface area contributed by atoms with Gasteiger partial charge in [-0.3, -0.25) is 9.69 Å². The number of aromatic nitrogens is 2. The second-order valence-corrected chi connectivity index (χ2v) is 7.61. The van der Waals surface area contributed by atoms with Crippen molar-refractivity contribution in [3.05, 3.63) is 12.0 Å². The Kier molecular flexibility index (Phi) is 5.77. The Hall–Kier alpha value is -1.45. The number of carbonyl (C=O) groups excluding carboxylic acids is 1. The lowest BCUT2D eigenvalue weighted by atomic mass is 10.4. The van der Waals surface area contributed by atoms with Crippen molar-refractivity contribution in [3.63, 3.8) is 0 Å². The van der Waals surface area contributed by atoms with Crippen LogP contribution in [0.4, 0.5) is 0 Å². The van der Waals surface area contributed by atoms with Gasteiger partial charge < -0.3 is 9.88 Å². The third-order valence-corrected chi connectivity index (χ3v) is 5.75. The van der Waals surface area contributed by atoms with Crippen LogP contribution in [0.15, 0.2) is 11.2 Å². The molecule has 0 atom stereocenters. The number of nitrogens with zero attached hydrogens (tertiary/aromatic N) is 4. The van der Waals surface area contributed by atoms with Crippen LogP contribution in [0.1, 0.15) is 19.2 Å². The summed E-state index contributed by atoms with van der Waals surface area (Å²) in [5.74, 6) is 0.639. The predicted octanol–water partition coefficient (Wildman–Crippen LogP) is -0.439. The average Bonchev–Trinajstić information content (AvgIpc) is 2.70. The summed E-state index contributed by atoms with van der Waals surface area (Å²) in [4.78, 5) is 17.8. The van der Waals surface area contributed by atoms with Crippen LogP contribution >= 0.6 is 0 Å². The van der Waals surface area contributed by atoms with Crippen molar-refractivity contribution < 1.29 is 13.2 Å². The minimum atomic E-state index is -3.57. The number of aryl methyl sites for hydroxylation is 2. The van der Waals surface area contributed by atoms with E-state index in [-0.39, 0.29) is 10.9 Å². The second kappa shape index (κ2) is 7.41. The van der Waals surface area contributed by atoms with E-state index in [1.807, 2.05) is 11.8 Å². The van der Waals surface area contributed by atoms with E-state index in [2.05, 4.69) is 10.3 Å². The Labute approximate surface area is 137 Å². The molecule has 1 saturated heterocycles. The molecular formula is C14H25N5O3S. The van der Waals surface area contributed by atoms with Gasteiger partial charge in [-0.05, 0) is 26.8 Å². The Morgan fingerprint density at radius 1 is 1.30 bits per heavy atom. The quantitative estimate of drug-likeness (QED) is 0.783. The van der Waals surface area contributed by atoms with Gasteiger partial charge in [0.05, 0.1) is 6.54 Å². The van der Waals surface area contributed by atoms with Gasteiger partial charge in [0.25, 0.3) is 10.0 Å². The Bertz CT molecular complexity index is 636. The number of nitrogens with one attached hydrogen (secondary N) is 1. The van der Waals surface area contributed by atoms with Crippen LogP contribution in [0.3, 0.4) is 0 Å². The molecule has 1 aromatic heterocycles. The molecule has 0 spiro atoms. The first-order chi connectivity index (χ1) is 10.8.